The number of aromatic nitrogens is 9. The molecule has 1 atom stereocenters. The molecule has 1 aromatic carbocycles. The molecule has 0 amide bonds. The number of ether oxygens (including phenoxy) is 1. The summed E-state index contributed by atoms with van der Waals surface area (Å²) in [5, 5.41) is 31.9. The topological polar surface area (TPSA) is 115 Å². The molecule has 0 saturated carbocycles. The van der Waals surface area contributed by atoms with E-state index < -0.39 is 31.6 Å². The number of rotatable bonds is 10. The van der Waals surface area contributed by atoms with Gasteiger partial charge in [0.25, 0.3) is 0 Å². The summed E-state index contributed by atoms with van der Waals surface area (Å²) in [4.78, 5) is 0. The Hall–Kier alpha value is -4.15. The minimum atomic E-state index is -3.07. The van der Waals surface area contributed by atoms with Crippen LogP contribution in [-0.2, 0) is 4.74 Å². The summed E-state index contributed by atoms with van der Waals surface area (Å²) in [6, 6.07) is 4.52. The Bertz CT molecular complexity index is 1680. The smallest absolute Gasteiger partial charge is 0.345 e. The number of pyridine rings is 1. The van der Waals surface area contributed by atoms with Gasteiger partial charge in [-0.05, 0) is 18.2 Å². The van der Waals surface area contributed by atoms with Gasteiger partial charge in [-0.2, -0.15) is 27.4 Å². The molecule has 41 heavy (non-hydrogen) atoms. The van der Waals surface area contributed by atoms with E-state index in [1.54, 1.807) is 0 Å². The molecule has 0 N–H and O–H groups in total. The second-order valence-corrected chi connectivity index (χ2v) is 9.19. The molecular formula is C23H16Cl2F5N9O2. The van der Waals surface area contributed by atoms with Crippen molar-refractivity contribution in [2.75, 3.05) is 6.61 Å². The summed E-state index contributed by atoms with van der Waals surface area (Å²) in [6.07, 6.45) is 5.59. The lowest BCUT2D eigenvalue weighted by molar-refractivity contribution is -0.615. The van der Waals surface area contributed by atoms with Crippen LogP contribution in [0.25, 0.3) is 28.2 Å². The zero-order valence-corrected chi connectivity index (χ0v) is 21.8. The van der Waals surface area contributed by atoms with E-state index in [-0.39, 0.29) is 50.5 Å². The highest BCUT2D eigenvalue weighted by atomic mass is 35.5. The Morgan fingerprint density at radius 3 is 2.51 bits per heavy atom. The van der Waals surface area contributed by atoms with Crippen LogP contribution in [0.1, 0.15) is 24.7 Å². The van der Waals surface area contributed by atoms with Crippen molar-refractivity contribution in [3.05, 3.63) is 82.3 Å². The van der Waals surface area contributed by atoms with Crippen LogP contribution in [0.15, 0.2) is 55.4 Å². The number of nitrogens with zero attached hydrogens (tertiary/aromatic N) is 9. The predicted molar refractivity (Wildman–Crippen MR) is 133 cm³/mol. The second kappa shape index (κ2) is 11.8. The zero-order chi connectivity index (χ0) is 29.3. The van der Waals surface area contributed by atoms with E-state index in [1.165, 1.54) is 52.2 Å². The van der Waals surface area contributed by atoms with Crippen LogP contribution in [-0.4, -0.2) is 52.8 Å². The maximum atomic E-state index is 15.3. The fourth-order valence-corrected chi connectivity index (χ4v) is 4.45. The second-order valence-electron chi connectivity index (χ2n) is 8.39. The molecule has 0 radical (unpaired) electrons. The van der Waals surface area contributed by atoms with Crippen molar-refractivity contribution in [3.63, 3.8) is 0 Å². The summed E-state index contributed by atoms with van der Waals surface area (Å²) < 4.78 is 75.0. The maximum Gasteiger partial charge on any atom is 0.345 e. The molecule has 0 bridgehead atoms. The Labute approximate surface area is 236 Å². The molecule has 214 valence electrons. The van der Waals surface area contributed by atoms with E-state index in [9.17, 15) is 22.8 Å². The molecule has 0 fully saturated rings. The van der Waals surface area contributed by atoms with Crippen LogP contribution >= 0.6 is 23.2 Å². The molecule has 0 aliphatic rings. The third-order valence-electron chi connectivity index (χ3n) is 5.96. The Balaban J connectivity index is 1.55. The first-order valence-electron chi connectivity index (χ1n) is 11.6. The largest absolute Gasteiger partial charge is 0.618 e. The lowest BCUT2D eigenvalue weighted by Crippen LogP contribution is -2.36. The van der Waals surface area contributed by atoms with Gasteiger partial charge in [0.1, 0.15) is 12.4 Å². The minimum absolute atomic E-state index is 0.00405. The van der Waals surface area contributed by atoms with Gasteiger partial charge in [-0.25, -0.2) is 9.07 Å². The van der Waals surface area contributed by atoms with Gasteiger partial charge in [0.05, 0.1) is 46.4 Å². The molecule has 5 rings (SSSR count). The highest BCUT2D eigenvalue weighted by Crippen LogP contribution is 2.34. The van der Waals surface area contributed by atoms with Crippen LogP contribution in [0.3, 0.4) is 0 Å². The first kappa shape index (κ1) is 28.4. The maximum absolute atomic E-state index is 15.3. The summed E-state index contributed by atoms with van der Waals surface area (Å²) >= 11 is 11.9. The van der Waals surface area contributed by atoms with Gasteiger partial charge in [-0.15, -0.1) is 15.3 Å². The van der Waals surface area contributed by atoms with Crippen molar-refractivity contribution in [1.29, 1.82) is 0 Å². The average Bonchev–Trinajstić information content (AvgIpc) is 3.69. The molecule has 4 aromatic heterocycles. The number of hydrogen-bond donors (Lipinski definition) is 0. The van der Waals surface area contributed by atoms with Crippen LogP contribution in [0.5, 0.6) is 0 Å². The molecule has 0 unspecified atom stereocenters. The van der Waals surface area contributed by atoms with Gasteiger partial charge in [0.15, 0.2) is 23.0 Å². The third kappa shape index (κ3) is 5.84. The number of alkyl halides is 4. The first-order chi connectivity index (χ1) is 19.6. The standard InChI is InChI=1S/C23H16Cl2F5N9O2/c24-14-2-4-17(38-10-18(25)33-35-38)19(20(14)26)12-1-3-16(39(40)9-12)15(5-6-41-23(29)30)37-8-13(7-32-37)21-34-31-11-36(21)22(27)28/h1-4,7-11,15,22-23H,5-6H2/t15-/m0/s1. The molecule has 0 aliphatic carbocycles. The minimum Gasteiger partial charge on any atom is -0.618 e. The molecule has 5 aromatic rings. The summed E-state index contributed by atoms with van der Waals surface area (Å²) in [6.45, 7) is -6.47. The Morgan fingerprint density at radius 1 is 1.02 bits per heavy atom. The van der Waals surface area contributed by atoms with E-state index in [0.29, 0.717) is 9.30 Å². The van der Waals surface area contributed by atoms with Crippen LogP contribution in [0, 0.1) is 11.0 Å². The van der Waals surface area contributed by atoms with Gasteiger partial charge in [0, 0.05) is 18.7 Å². The molecular weight excluding hydrogens is 600 g/mol. The van der Waals surface area contributed by atoms with Crippen LogP contribution in [0.2, 0.25) is 10.2 Å². The van der Waals surface area contributed by atoms with E-state index in [2.05, 4.69) is 30.3 Å². The molecule has 0 aliphatic heterocycles. The van der Waals surface area contributed by atoms with Gasteiger partial charge < -0.3 is 9.94 Å². The van der Waals surface area contributed by atoms with Crippen LogP contribution in [0.4, 0.5) is 22.0 Å². The fraction of sp³-hybridized carbons (Fsp3) is 0.217. The van der Waals surface area contributed by atoms with E-state index in [4.69, 9.17) is 23.2 Å². The fourth-order valence-electron chi connectivity index (χ4n) is 4.17. The SMILES string of the molecule is [O-][n+]1cc(-c2c(-n3cc(Cl)nn3)ccc(Cl)c2F)ccc1[C@H](CCOC(F)F)n1cc(-c2nncn2C(F)F)cn1. The molecule has 0 spiro atoms. The van der Waals surface area contributed by atoms with Crippen molar-refractivity contribution < 1.29 is 31.4 Å². The zero-order valence-electron chi connectivity index (χ0n) is 20.3. The summed E-state index contributed by atoms with van der Waals surface area (Å²) in [5.41, 5.74) is 0.332. The van der Waals surface area contributed by atoms with Gasteiger partial charge in [-0.1, -0.05) is 28.4 Å². The molecule has 0 saturated heterocycles. The molecule has 18 heteroatoms. The monoisotopic (exact) mass is 615 g/mol. The van der Waals surface area contributed by atoms with E-state index in [0.717, 1.165) is 12.5 Å². The first-order valence-corrected chi connectivity index (χ1v) is 12.3. The normalized spacial score (nSPS) is 12.5. The van der Waals surface area contributed by atoms with Crippen molar-refractivity contribution in [3.8, 4) is 28.2 Å². The number of benzene rings is 1. The molecule has 4 heterocycles. The van der Waals surface area contributed by atoms with Crippen molar-refractivity contribution in [1.82, 2.24) is 39.5 Å². The average molecular weight is 616 g/mol. The lowest BCUT2D eigenvalue weighted by Gasteiger charge is -2.18. The lowest BCUT2D eigenvalue weighted by atomic mass is 10.0. The van der Waals surface area contributed by atoms with Crippen molar-refractivity contribution in [2.45, 2.75) is 25.6 Å². The number of hydrogen-bond acceptors (Lipinski definition) is 7. The third-order valence-corrected chi connectivity index (χ3v) is 6.42. The number of halogens is 7. The summed E-state index contributed by atoms with van der Waals surface area (Å²) in [7, 11) is 0. The summed E-state index contributed by atoms with van der Waals surface area (Å²) in [5.74, 6) is -1.04. The Morgan fingerprint density at radius 2 is 1.83 bits per heavy atom. The van der Waals surface area contributed by atoms with Gasteiger partial charge in [-0.3, -0.25) is 9.25 Å². The van der Waals surface area contributed by atoms with Crippen molar-refractivity contribution in [2.24, 2.45) is 0 Å². The van der Waals surface area contributed by atoms with Gasteiger partial charge >= 0.3 is 13.2 Å². The van der Waals surface area contributed by atoms with Crippen molar-refractivity contribution >= 4 is 23.2 Å². The van der Waals surface area contributed by atoms with E-state index >= 15 is 4.39 Å². The van der Waals surface area contributed by atoms with Gasteiger partial charge in [0.2, 0.25) is 5.69 Å². The highest BCUT2D eigenvalue weighted by molar-refractivity contribution is 6.31. The highest BCUT2D eigenvalue weighted by Gasteiger charge is 2.27. The quantitative estimate of drug-likeness (QED) is 0.122. The van der Waals surface area contributed by atoms with Crippen LogP contribution < -0.4 is 4.73 Å². The van der Waals surface area contributed by atoms with E-state index in [1.807, 2.05) is 0 Å². The molecule has 11 nitrogen and oxygen atoms in total. The predicted octanol–water partition coefficient (Wildman–Crippen LogP) is 5.08. The Kier molecular flexibility index (Phi) is 8.14.